The lowest BCUT2D eigenvalue weighted by molar-refractivity contribution is 0.0664. The maximum absolute atomic E-state index is 14.8. The molecule has 7 heteroatoms. The number of carbonyl (C=O) groups is 3. The molecule has 0 saturated carbocycles. The van der Waals surface area contributed by atoms with Crippen LogP contribution in [0.1, 0.15) is 48.1 Å². The summed E-state index contributed by atoms with van der Waals surface area (Å²) < 4.78 is 11.4. The molecule has 208 valence electrons. The van der Waals surface area contributed by atoms with Gasteiger partial charge in [0.15, 0.2) is 17.3 Å². The third kappa shape index (κ3) is 3.48. The highest BCUT2D eigenvalue weighted by Crippen LogP contribution is 2.62. The number of ether oxygens (including phenoxy) is 2. The number of hydrogen-bond acceptors (Lipinski definition) is 6. The minimum atomic E-state index is -1.64. The summed E-state index contributed by atoms with van der Waals surface area (Å²) >= 11 is 6.19. The summed E-state index contributed by atoms with van der Waals surface area (Å²) in [7, 11) is 3.09. The van der Waals surface area contributed by atoms with Crippen LogP contribution in [0.15, 0.2) is 97.1 Å². The molecule has 3 aliphatic rings. The fourth-order valence-electron chi connectivity index (χ4n) is 7.13. The summed E-state index contributed by atoms with van der Waals surface area (Å²) in [6, 6.07) is 25.0. The highest BCUT2D eigenvalue weighted by Gasteiger charge is 2.72. The monoisotopic (exact) mass is 575 g/mol. The van der Waals surface area contributed by atoms with Crippen LogP contribution in [0.4, 0.5) is 5.69 Å². The molecule has 0 N–H and O–H groups in total. The van der Waals surface area contributed by atoms with Gasteiger partial charge in [0.1, 0.15) is 23.0 Å². The number of methoxy groups -OCH3 is 2. The first-order valence-electron chi connectivity index (χ1n) is 13.7. The van der Waals surface area contributed by atoms with Crippen LogP contribution in [-0.4, -0.2) is 43.7 Å². The zero-order valence-corrected chi connectivity index (χ0v) is 23.7. The van der Waals surface area contributed by atoms with Gasteiger partial charge in [-0.25, -0.2) is 0 Å². The van der Waals surface area contributed by atoms with Gasteiger partial charge in [0.25, 0.3) is 0 Å². The molecule has 42 heavy (non-hydrogen) atoms. The van der Waals surface area contributed by atoms with Crippen molar-refractivity contribution in [1.82, 2.24) is 0 Å². The van der Waals surface area contributed by atoms with E-state index in [2.05, 4.69) is 0 Å². The van der Waals surface area contributed by atoms with E-state index in [-0.39, 0.29) is 17.3 Å². The maximum Gasteiger partial charge on any atom is 0.185 e. The third-order valence-electron chi connectivity index (χ3n) is 8.88. The van der Waals surface area contributed by atoms with Crippen molar-refractivity contribution in [3.8, 4) is 11.5 Å². The van der Waals surface area contributed by atoms with E-state index in [1.54, 1.807) is 80.9 Å². The second kappa shape index (κ2) is 9.71. The van der Waals surface area contributed by atoms with Gasteiger partial charge in [0.2, 0.25) is 0 Å². The molecule has 0 unspecified atom stereocenters. The summed E-state index contributed by atoms with van der Waals surface area (Å²) in [4.78, 5) is 46.4. The van der Waals surface area contributed by atoms with E-state index in [1.807, 2.05) is 41.3 Å². The van der Waals surface area contributed by atoms with E-state index in [1.165, 1.54) is 0 Å². The first-order chi connectivity index (χ1) is 20.4. The minimum absolute atomic E-state index is 0.231. The third-order valence-corrected chi connectivity index (χ3v) is 9.13. The predicted molar refractivity (Wildman–Crippen MR) is 161 cm³/mol. The molecule has 4 aromatic rings. The van der Waals surface area contributed by atoms with Crippen molar-refractivity contribution in [2.45, 2.75) is 18.0 Å². The molecular formula is C35H26ClNO5. The molecule has 2 aliphatic heterocycles. The van der Waals surface area contributed by atoms with Crippen LogP contribution in [-0.2, 0) is 0 Å². The standard InChI is InChI=1S/C35H26ClNO5/c1-41-23-16-17-28(42-2)26(19-23)30-31(32(38)21-11-14-22(36)15-12-21)37-27-10-6-3-7-20(27)13-18-29(37)35(30)33(39)24-8-4-5-9-25(24)34(35)40/h3-19,29-31H,1-2H3/t29-,30-,31+/m0/s1. The summed E-state index contributed by atoms with van der Waals surface area (Å²) in [6.45, 7) is 0. The quantitative estimate of drug-likeness (QED) is 0.195. The molecular weight excluding hydrogens is 550 g/mol. The maximum atomic E-state index is 14.8. The van der Waals surface area contributed by atoms with Crippen molar-refractivity contribution in [1.29, 1.82) is 0 Å². The van der Waals surface area contributed by atoms with Crippen LogP contribution >= 0.6 is 11.6 Å². The average molecular weight is 576 g/mol. The Bertz CT molecular complexity index is 1780. The Morgan fingerprint density at radius 2 is 1.50 bits per heavy atom. The topological polar surface area (TPSA) is 72.9 Å². The summed E-state index contributed by atoms with van der Waals surface area (Å²) in [6.07, 6.45) is 3.84. The molecule has 7 rings (SSSR count). The lowest BCUT2D eigenvalue weighted by atomic mass is 9.64. The average Bonchev–Trinajstić information content (AvgIpc) is 3.46. The number of ketones is 3. The number of halogens is 1. The van der Waals surface area contributed by atoms with E-state index in [0.717, 1.165) is 11.3 Å². The molecule has 1 saturated heterocycles. The van der Waals surface area contributed by atoms with Gasteiger partial charge < -0.3 is 14.4 Å². The van der Waals surface area contributed by atoms with Gasteiger partial charge in [-0.15, -0.1) is 0 Å². The van der Waals surface area contributed by atoms with Crippen molar-refractivity contribution in [2.75, 3.05) is 19.1 Å². The smallest absolute Gasteiger partial charge is 0.185 e. The largest absolute Gasteiger partial charge is 0.497 e. The van der Waals surface area contributed by atoms with Crippen molar-refractivity contribution in [3.63, 3.8) is 0 Å². The van der Waals surface area contributed by atoms with Gasteiger partial charge in [-0.05, 0) is 54.1 Å². The van der Waals surface area contributed by atoms with E-state index in [0.29, 0.717) is 38.8 Å². The molecule has 1 spiro atoms. The Kier molecular flexibility index (Phi) is 6.06. The SMILES string of the molecule is COc1ccc(OC)c([C@H]2[C@H](C(=O)c3ccc(Cl)cc3)N3c4ccccc4C=C[C@H]3C23C(=O)c2ccccc2C3=O)c1. The Labute approximate surface area is 248 Å². The Morgan fingerprint density at radius 1 is 0.833 bits per heavy atom. The lowest BCUT2D eigenvalue weighted by Crippen LogP contribution is -2.48. The number of benzene rings is 4. The normalized spacial score (nSPS) is 21.2. The van der Waals surface area contributed by atoms with Crippen molar-refractivity contribution in [2.24, 2.45) is 5.41 Å². The Hall–Kier alpha value is -4.68. The fourth-order valence-corrected chi connectivity index (χ4v) is 7.25. The highest BCUT2D eigenvalue weighted by atomic mass is 35.5. The van der Waals surface area contributed by atoms with E-state index in [4.69, 9.17) is 21.1 Å². The van der Waals surface area contributed by atoms with Crippen molar-refractivity contribution >= 4 is 40.7 Å². The van der Waals surface area contributed by atoms with E-state index >= 15 is 0 Å². The predicted octanol–water partition coefficient (Wildman–Crippen LogP) is 6.67. The number of para-hydroxylation sites is 1. The number of carbonyl (C=O) groups excluding carboxylic acids is 3. The summed E-state index contributed by atoms with van der Waals surface area (Å²) in [5.74, 6) is -0.770. The van der Waals surface area contributed by atoms with Crippen LogP contribution in [0.2, 0.25) is 5.02 Å². The molecule has 1 aliphatic carbocycles. The molecule has 3 atom stereocenters. The minimum Gasteiger partial charge on any atom is -0.497 e. The van der Waals surface area contributed by atoms with Crippen LogP contribution in [0, 0.1) is 5.41 Å². The van der Waals surface area contributed by atoms with Gasteiger partial charge in [-0.3, -0.25) is 14.4 Å². The van der Waals surface area contributed by atoms with Crippen LogP contribution in [0.25, 0.3) is 6.08 Å². The number of Topliss-reactive ketones (excluding diaryl/α,β-unsaturated/α-hetero) is 3. The Morgan fingerprint density at radius 3 is 2.17 bits per heavy atom. The number of rotatable bonds is 5. The van der Waals surface area contributed by atoms with Crippen LogP contribution in [0.3, 0.4) is 0 Å². The molecule has 2 heterocycles. The lowest BCUT2D eigenvalue weighted by Gasteiger charge is -2.37. The van der Waals surface area contributed by atoms with Gasteiger partial charge in [0, 0.05) is 38.9 Å². The van der Waals surface area contributed by atoms with Gasteiger partial charge in [-0.2, -0.15) is 0 Å². The molecule has 4 aromatic carbocycles. The van der Waals surface area contributed by atoms with Gasteiger partial charge >= 0.3 is 0 Å². The molecule has 1 fully saturated rings. The number of nitrogens with zero attached hydrogens (tertiary/aromatic N) is 1. The molecule has 0 radical (unpaired) electrons. The second-order valence-corrected chi connectivity index (χ2v) is 11.2. The number of fused-ring (bicyclic) bond motifs is 5. The van der Waals surface area contributed by atoms with Gasteiger partial charge in [0.05, 0.1) is 20.3 Å². The highest BCUT2D eigenvalue weighted by molar-refractivity contribution is 6.32. The Balaban J connectivity index is 1.58. The van der Waals surface area contributed by atoms with Gasteiger partial charge in [-0.1, -0.05) is 66.2 Å². The number of anilines is 1. The number of hydrogen-bond donors (Lipinski definition) is 0. The molecule has 6 nitrogen and oxygen atoms in total. The first-order valence-corrected chi connectivity index (χ1v) is 14.1. The second-order valence-electron chi connectivity index (χ2n) is 10.7. The summed E-state index contributed by atoms with van der Waals surface area (Å²) in [5.41, 5.74) is 1.74. The van der Waals surface area contributed by atoms with Crippen LogP contribution < -0.4 is 14.4 Å². The fraction of sp³-hybridized carbons (Fsp3) is 0.171. The van der Waals surface area contributed by atoms with Crippen molar-refractivity contribution < 1.29 is 23.9 Å². The van der Waals surface area contributed by atoms with Crippen molar-refractivity contribution in [3.05, 3.63) is 130 Å². The first kappa shape index (κ1) is 26.2. The van der Waals surface area contributed by atoms with E-state index < -0.39 is 23.4 Å². The van der Waals surface area contributed by atoms with E-state index in [9.17, 15) is 14.4 Å². The zero-order valence-electron chi connectivity index (χ0n) is 22.9. The molecule has 0 amide bonds. The molecule has 0 bridgehead atoms. The van der Waals surface area contributed by atoms with Crippen LogP contribution in [0.5, 0.6) is 11.5 Å². The summed E-state index contributed by atoms with van der Waals surface area (Å²) in [5, 5.41) is 0.501. The molecule has 0 aromatic heterocycles. The zero-order chi connectivity index (χ0) is 29.2.